The lowest BCUT2D eigenvalue weighted by atomic mass is 9.98. The summed E-state index contributed by atoms with van der Waals surface area (Å²) in [6, 6.07) is 6.33. The summed E-state index contributed by atoms with van der Waals surface area (Å²) in [6.45, 7) is 4.42. The highest BCUT2D eigenvalue weighted by atomic mass is 16.3. The van der Waals surface area contributed by atoms with Gasteiger partial charge in [-0.25, -0.2) is 9.97 Å². The summed E-state index contributed by atoms with van der Waals surface area (Å²) >= 11 is 0. The Morgan fingerprint density at radius 3 is 3.00 bits per heavy atom. The van der Waals surface area contributed by atoms with Crippen LogP contribution in [-0.4, -0.2) is 15.0 Å². The Kier molecular flexibility index (Phi) is 2.63. The van der Waals surface area contributed by atoms with Gasteiger partial charge in [0.25, 0.3) is 5.89 Å². The SMILES string of the molecule is CCC(C)c1ccc2nc(-c3ncco3)[nH]c2c1. The van der Waals surface area contributed by atoms with Crippen LogP contribution in [0, 0.1) is 0 Å². The van der Waals surface area contributed by atoms with E-state index in [2.05, 4.69) is 40.9 Å². The summed E-state index contributed by atoms with van der Waals surface area (Å²) in [5.41, 5.74) is 3.30. The van der Waals surface area contributed by atoms with Gasteiger partial charge in [0.1, 0.15) is 6.26 Å². The van der Waals surface area contributed by atoms with E-state index < -0.39 is 0 Å². The topological polar surface area (TPSA) is 54.7 Å². The highest BCUT2D eigenvalue weighted by Gasteiger charge is 2.10. The average Bonchev–Trinajstić information content (AvgIpc) is 3.04. The minimum Gasteiger partial charge on any atom is -0.442 e. The molecule has 0 amide bonds. The Morgan fingerprint density at radius 1 is 1.39 bits per heavy atom. The van der Waals surface area contributed by atoms with Crippen LogP contribution in [0.1, 0.15) is 31.7 Å². The van der Waals surface area contributed by atoms with Gasteiger partial charge < -0.3 is 9.40 Å². The van der Waals surface area contributed by atoms with E-state index in [1.54, 1.807) is 12.5 Å². The molecule has 18 heavy (non-hydrogen) atoms. The normalized spacial score (nSPS) is 13.0. The van der Waals surface area contributed by atoms with Crippen molar-refractivity contribution >= 4 is 11.0 Å². The lowest BCUT2D eigenvalue weighted by Crippen LogP contribution is -1.90. The summed E-state index contributed by atoms with van der Waals surface area (Å²) in [7, 11) is 0. The maximum atomic E-state index is 5.24. The van der Waals surface area contributed by atoms with Gasteiger partial charge in [-0.3, -0.25) is 0 Å². The molecule has 0 bridgehead atoms. The molecule has 0 saturated heterocycles. The Morgan fingerprint density at radius 2 is 2.28 bits per heavy atom. The molecular formula is C14H15N3O. The van der Waals surface area contributed by atoms with Crippen molar-refractivity contribution in [2.45, 2.75) is 26.2 Å². The monoisotopic (exact) mass is 241 g/mol. The average molecular weight is 241 g/mol. The van der Waals surface area contributed by atoms with Crippen molar-refractivity contribution in [2.24, 2.45) is 0 Å². The van der Waals surface area contributed by atoms with Crippen molar-refractivity contribution < 1.29 is 4.42 Å². The number of fused-ring (bicyclic) bond motifs is 1. The first-order valence-electron chi connectivity index (χ1n) is 6.17. The third-order valence-electron chi connectivity index (χ3n) is 3.32. The standard InChI is InChI=1S/C14H15N3O/c1-3-9(2)10-4-5-11-12(8-10)17-13(16-11)14-15-6-7-18-14/h4-9H,3H2,1-2H3,(H,16,17). The molecule has 0 aliphatic heterocycles. The van der Waals surface area contributed by atoms with Crippen LogP contribution in [0.3, 0.4) is 0 Å². The highest BCUT2D eigenvalue weighted by molar-refractivity contribution is 5.78. The van der Waals surface area contributed by atoms with Crippen molar-refractivity contribution in [3.8, 4) is 11.7 Å². The third kappa shape index (κ3) is 1.79. The minimum absolute atomic E-state index is 0.524. The molecule has 0 spiro atoms. The van der Waals surface area contributed by atoms with E-state index in [1.807, 2.05) is 6.07 Å². The van der Waals surface area contributed by atoms with Crippen LogP contribution in [0.4, 0.5) is 0 Å². The smallest absolute Gasteiger partial charge is 0.262 e. The zero-order chi connectivity index (χ0) is 12.5. The van der Waals surface area contributed by atoms with E-state index >= 15 is 0 Å². The molecular weight excluding hydrogens is 226 g/mol. The lowest BCUT2D eigenvalue weighted by Gasteiger charge is -2.07. The molecule has 4 nitrogen and oxygen atoms in total. The van der Waals surface area contributed by atoms with Gasteiger partial charge in [0, 0.05) is 0 Å². The summed E-state index contributed by atoms with van der Waals surface area (Å²) in [5, 5.41) is 0. The molecule has 0 radical (unpaired) electrons. The highest BCUT2D eigenvalue weighted by Crippen LogP contribution is 2.24. The summed E-state index contributed by atoms with van der Waals surface area (Å²) in [4.78, 5) is 11.8. The van der Waals surface area contributed by atoms with Crippen molar-refractivity contribution in [1.29, 1.82) is 0 Å². The van der Waals surface area contributed by atoms with Crippen LogP contribution in [0.2, 0.25) is 0 Å². The molecule has 92 valence electrons. The number of oxazole rings is 1. The summed E-state index contributed by atoms with van der Waals surface area (Å²) < 4.78 is 5.24. The number of hydrogen-bond acceptors (Lipinski definition) is 3. The van der Waals surface area contributed by atoms with Gasteiger partial charge in [-0.15, -0.1) is 0 Å². The van der Waals surface area contributed by atoms with E-state index in [1.165, 1.54) is 5.56 Å². The number of H-pyrrole nitrogens is 1. The van der Waals surface area contributed by atoms with Crippen molar-refractivity contribution in [3.05, 3.63) is 36.2 Å². The Bertz CT molecular complexity index is 655. The fourth-order valence-electron chi connectivity index (χ4n) is 2.01. The Labute approximate surface area is 105 Å². The van der Waals surface area contributed by atoms with E-state index in [4.69, 9.17) is 4.42 Å². The van der Waals surface area contributed by atoms with Crippen molar-refractivity contribution in [3.63, 3.8) is 0 Å². The quantitative estimate of drug-likeness (QED) is 0.760. The van der Waals surface area contributed by atoms with Gasteiger partial charge in [-0.05, 0) is 30.0 Å². The second-order valence-corrected chi connectivity index (χ2v) is 4.51. The molecule has 4 heteroatoms. The zero-order valence-electron chi connectivity index (χ0n) is 10.5. The molecule has 2 aromatic heterocycles. The number of aromatic nitrogens is 3. The largest absolute Gasteiger partial charge is 0.442 e. The maximum Gasteiger partial charge on any atom is 0.262 e. The molecule has 1 N–H and O–H groups in total. The predicted octanol–water partition coefficient (Wildman–Crippen LogP) is 3.73. The third-order valence-corrected chi connectivity index (χ3v) is 3.32. The number of hydrogen-bond donors (Lipinski definition) is 1. The minimum atomic E-state index is 0.524. The molecule has 0 aliphatic carbocycles. The second-order valence-electron chi connectivity index (χ2n) is 4.51. The first-order chi connectivity index (χ1) is 8.78. The van der Waals surface area contributed by atoms with Crippen LogP contribution in [0.25, 0.3) is 22.7 Å². The fraction of sp³-hybridized carbons (Fsp3) is 0.286. The fourth-order valence-corrected chi connectivity index (χ4v) is 2.01. The van der Waals surface area contributed by atoms with Gasteiger partial charge >= 0.3 is 0 Å². The molecule has 1 unspecified atom stereocenters. The molecule has 2 heterocycles. The number of imidazole rings is 1. The van der Waals surface area contributed by atoms with Gasteiger partial charge in [0.2, 0.25) is 0 Å². The van der Waals surface area contributed by atoms with Crippen molar-refractivity contribution in [1.82, 2.24) is 15.0 Å². The second kappa shape index (κ2) is 4.29. The van der Waals surface area contributed by atoms with Gasteiger partial charge in [-0.2, -0.15) is 0 Å². The molecule has 0 fully saturated rings. The molecule has 3 aromatic rings. The van der Waals surface area contributed by atoms with Crippen LogP contribution >= 0.6 is 0 Å². The van der Waals surface area contributed by atoms with Gasteiger partial charge in [-0.1, -0.05) is 19.9 Å². The van der Waals surface area contributed by atoms with Gasteiger partial charge in [0.15, 0.2) is 5.82 Å². The molecule has 1 aromatic carbocycles. The van der Waals surface area contributed by atoms with E-state index in [0.717, 1.165) is 17.5 Å². The molecule has 1 atom stereocenters. The Hall–Kier alpha value is -2.10. The van der Waals surface area contributed by atoms with Crippen LogP contribution in [-0.2, 0) is 0 Å². The number of nitrogens with zero attached hydrogens (tertiary/aromatic N) is 2. The molecule has 0 aliphatic rings. The lowest BCUT2D eigenvalue weighted by molar-refractivity contribution is 0.570. The first kappa shape index (κ1) is 11.0. The molecule has 3 rings (SSSR count). The summed E-state index contributed by atoms with van der Waals surface area (Å²) in [6.07, 6.45) is 4.30. The van der Waals surface area contributed by atoms with Crippen LogP contribution in [0.15, 0.2) is 35.1 Å². The van der Waals surface area contributed by atoms with Crippen LogP contribution < -0.4 is 0 Å². The number of benzene rings is 1. The first-order valence-corrected chi connectivity index (χ1v) is 6.17. The molecule has 0 saturated carbocycles. The van der Waals surface area contributed by atoms with Crippen molar-refractivity contribution in [2.75, 3.05) is 0 Å². The van der Waals surface area contributed by atoms with E-state index in [-0.39, 0.29) is 0 Å². The summed E-state index contributed by atoms with van der Waals surface area (Å²) in [5.74, 6) is 1.76. The number of nitrogens with one attached hydrogen (secondary N) is 1. The van der Waals surface area contributed by atoms with Gasteiger partial charge in [0.05, 0.1) is 17.2 Å². The zero-order valence-corrected chi connectivity index (χ0v) is 10.5. The Balaban J connectivity index is 2.07. The van der Waals surface area contributed by atoms with Crippen LogP contribution in [0.5, 0.6) is 0 Å². The number of aromatic amines is 1. The predicted molar refractivity (Wildman–Crippen MR) is 70.3 cm³/mol. The van der Waals surface area contributed by atoms with E-state index in [9.17, 15) is 0 Å². The number of rotatable bonds is 3. The maximum absolute atomic E-state index is 5.24. The van der Waals surface area contributed by atoms with E-state index in [0.29, 0.717) is 17.6 Å².